The van der Waals surface area contributed by atoms with Gasteiger partial charge in [0.15, 0.2) is 0 Å². The lowest BCUT2D eigenvalue weighted by Crippen LogP contribution is -2.05. The molecule has 3 N–H and O–H groups in total. The first-order chi connectivity index (χ1) is 11.1. The summed E-state index contributed by atoms with van der Waals surface area (Å²) >= 11 is 0. The van der Waals surface area contributed by atoms with Gasteiger partial charge in [-0.15, -0.1) is 0 Å². The van der Waals surface area contributed by atoms with Crippen LogP contribution in [0.15, 0.2) is 34.1 Å². The van der Waals surface area contributed by atoms with Crippen LogP contribution in [0.25, 0.3) is 10.8 Å². The second-order valence-electron chi connectivity index (χ2n) is 5.04. The van der Waals surface area contributed by atoms with Gasteiger partial charge in [-0.05, 0) is 30.0 Å². The predicted octanol–water partition coefficient (Wildman–Crippen LogP) is 2.16. The lowest BCUT2D eigenvalue weighted by atomic mass is 10.1. The summed E-state index contributed by atoms with van der Waals surface area (Å²) in [6, 6.07) is 4.60. The van der Waals surface area contributed by atoms with Gasteiger partial charge >= 0.3 is 0 Å². The minimum atomic E-state index is -4.52. The summed E-state index contributed by atoms with van der Waals surface area (Å²) in [5, 5.41) is 3.40. The Bertz CT molecular complexity index is 977. The van der Waals surface area contributed by atoms with Crippen LogP contribution in [-0.2, 0) is 20.2 Å². The quantitative estimate of drug-likeness (QED) is 0.655. The van der Waals surface area contributed by atoms with E-state index in [1.54, 1.807) is 7.05 Å². The maximum Gasteiger partial charge on any atom is 0.294 e. The first kappa shape index (κ1) is 18.5. The lowest BCUT2D eigenvalue weighted by molar-refractivity contribution is 0.320. The van der Waals surface area contributed by atoms with Crippen molar-refractivity contribution in [3.8, 4) is 5.75 Å². The molecule has 2 aromatic rings. The van der Waals surface area contributed by atoms with Crippen molar-refractivity contribution in [2.45, 2.75) is 23.1 Å². The smallest absolute Gasteiger partial charge is 0.294 e. The van der Waals surface area contributed by atoms with E-state index in [-0.39, 0.29) is 11.1 Å². The fourth-order valence-electron chi connectivity index (χ4n) is 2.24. The van der Waals surface area contributed by atoms with E-state index in [0.717, 1.165) is 12.1 Å². The number of hydrogen-bond donors (Lipinski definition) is 3. The number of ether oxygens (including phenoxy) is 1. The average molecular weight is 375 g/mol. The van der Waals surface area contributed by atoms with E-state index in [4.69, 9.17) is 4.74 Å². The van der Waals surface area contributed by atoms with Crippen LogP contribution in [0.5, 0.6) is 5.75 Å². The summed E-state index contributed by atoms with van der Waals surface area (Å²) in [5.74, 6) is 0.174. The zero-order valence-corrected chi connectivity index (χ0v) is 14.6. The molecule has 2 aromatic carbocycles. The molecule has 0 saturated heterocycles. The van der Waals surface area contributed by atoms with Crippen LogP contribution in [0, 0.1) is 0 Å². The van der Waals surface area contributed by atoms with Crippen LogP contribution in [0.3, 0.4) is 0 Å². The molecule has 24 heavy (non-hydrogen) atoms. The minimum Gasteiger partial charge on any atom is -0.493 e. The average Bonchev–Trinajstić information content (AvgIpc) is 2.49. The monoisotopic (exact) mass is 375 g/mol. The molecule has 10 heteroatoms. The van der Waals surface area contributed by atoms with Crippen molar-refractivity contribution < 1.29 is 30.7 Å². The van der Waals surface area contributed by atoms with E-state index >= 15 is 0 Å². The van der Waals surface area contributed by atoms with E-state index in [9.17, 15) is 25.9 Å². The molecule has 2 rings (SSSR count). The van der Waals surface area contributed by atoms with Crippen molar-refractivity contribution in [1.29, 1.82) is 0 Å². The summed E-state index contributed by atoms with van der Waals surface area (Å²) in [4.78, 5) is -0.844. The third-order valence-corrected chi connectivity index (χ3v) is 4.95. The van der Waals surface area contributed by atoms with E-state index in [0.29, 0.717) is 24.1 Å². The molecular weight excluding hydrogens is 358 g/mol. The zero-order valence-electron chi connectivity index (χ0n) is 13.0. The molecule has 0 radical (unpaired) electrons. The molecule has 0 atom stereocenters. The Labute approximate surface area is 139 Å². The second kappa shape index (κ2) is 6.55. The SMILES string of the molecule is CCCOc1cc(S(=O)(=O)O)cc2cc(S(=O)(=O)O)cc(NC)c12. The minimum absolute atomic E-state index is 0.174. The molecular formula is C14H17NO7S2. The number of benzene rings is 2. The van der Waals surface area contributed by atoms with Gasteiger partial charge in [0.05, 0.1) is 16.4 Å². The molecule has 0 saturated carbocycles. The van der Waals surface area contributed by atoms with Gasteiger partial charge < -0.3 is 10.1 Å². The topological polar surface area (TPSA) is 130 Å². The molecule has 0 bridgehead atoms. The van der Waals surface area contributed by atoms with Gasteiger partial charge in [0.25, 0.3) is 20.2 Å². The summed E-state index contributed by atoms with van der Waals surface area (Å²) in [5.41, 5.74) is 0.327. The van der Waals surface area contributed by atoms with Gasteiger partial charge in [-0.3, -0.25) is 9.11 Å². The Morgan fingerprint density at radius 3 is 2.00 bits per heavy atom. The highest BCUT2D eigenvalue weighted by atomic mass is 32.2. The van der Waals surface area contributed by atoms with Crippen molar-refractivity contribution in [3.05, 3.63) is 24.3 Å². The largest absolute Gasteiger partial charge is 0.493 e. The highest BCUT2D eigenvalue weighted by molar-refractivity contribution is 7.86. The molecule has 0 amide bonds. The van der Waals surface area contributed by atoms with Crippen LogP contribution >= 0.6 is 0 Å². The molecule has 0 unspecified atom stereocenters. The first-order valence-corrected chi connectivity index (χ1v) is 9.83. The predicted molar refractivity (Wildman–Crippen MR) is 88.9 cm³/mol. The number of rotatable bonds is 6. The van der Waals surface area contributed by atoms with E-state index in [2.05, 4.69) is 5.32 Å². The Hall–Kier alpha value is -1.88. The molecule has 0 aromatic heterocycles. The summed E-state index contributed by atoms with van der Waals surface area (Å²) < 4.78 is 69.8. The molecule has 0 aliphatic heterocycles. The maximum absolute atomic E-state index is 11.5. The number of nitrogens with one attached hydrogen (secondary N) is 1. The van der Waals surface area contributed by atoms with Crippen LogP contribution in [0.1, 0.15) is 13.3 Å². The highest BCUT2D eigenvalue weighted by Gasteiger charge is 2.20. The molecule has 0 aliphatic rings. The molecule has 0 aliphatic carbocycles. The summed E-state index contributed by atoms with van der Waals surface area (Å²) in [6.45, 7) is 2.16. The molecule has 0 heterocycles. The van der Waals surface area contributed by atoms with Crippen LogP contribution in [0.2, 0.25) is 0 Å². The van der Waals surface area contributed by atoms with E-state index in [1.165, 1.54) is 12.1 Å². The normalized spacial score (nSPS) is 12.3. The van der Waals surface area contributed by atoms with Gasteiger partial charge in [0.2, 0.25) is 0 Å². The van der Waals surface area contributed by atoms with Crippen LogP contribution < -0.4 is 10.1 Å². The van der Waals surface area contributed by atoms with Crippen molar-refractivity contribution in [3.63, 3.8) is 0 Å². The van der Waals surface area contributed by atoms with Gasteiger partial charge in [0.1, 0.15) is 5.75 Å². The summed E-state index contributed by atoms with van der Waals surface area (Å²) in [7, 11) is -7.48. The number of anilines is 1. The summed E-state index contributed by atoms with van der Waals surface area (Å²) in [6.07, 6.45) is 0.662. The second-order valence-corrected chi connectivity index (χ2v) is 7.88. The van der Waals surface area contributed by atoms with Crippen LogP contribution in [0.4, 0.5) is 5.69 Å². The fourth-order valence-corrected chi connectivity index (χ4v) is 3.32. The van der Waals surface area contributed by atoms with E-state index in [1.807, 2.05) is 6.92 Å². The highest BCUT2D eigenvalue weighted by Crippen LogP contribution is 2.37. The van der Waals surface area contributed by atoms with Crippen molar-refractivity contribution in [2.75, 3.05) is 19.0 Å². The van der Waals surface area contributed by atoms with Crippen molar-refractivity contribution in [2.24, 2.45) is 0 Å². The maximum atomic E-state index is 11.5. The Kier molecular flexibility index (Phi) is 5.04. The Balaban J connectivity index is 2.91. The van der Waals surface area contributed by atoms with E-state index < -0.39 is 30.0 Å². The first-order valence-electron chi connectivity index (χ1n) is 6.95. The van der Waals surface area contributed by atoms with Gasteiger partial charge in [0, 0.05) is 24.2 Å². The fraction of sp³-hybridized carbons (Fsp3) is 0.286. The van der Waals surface area contributed by atoms with Gasteiger partial charge in [-0.1, -0.05) is 6.92 Å². The van der Waals surface area contributed by atoms with Gasteiger partial charge in [-0.2, -0.15) is 16.8 Å². The molecule has 132 valence electrons. The third-order valence-electron chi connectivity index (χ3n) is 3.29. The molecule has 0 spiro atoms. The number of fused-ring (bicyclic) bond motifs is 1. The lowest BCUT2D eigenvalue weighted by Gasteiger charge is -2.15. The van der Waals surface area contributed by atoms with Crippen molar-refractivity contribution >= 4 is 36.7 Å². The van der Waals surface area contributed by atoms with Crippen molar-refractivity contribution in [1.82, 2.24) is 0 Å². The van der Waals surface area contributed by atoms with Gasteiger partial charge in [-0.25, -0.2) is 0 Å². The van der Waals surface area contributed by atoms with Crippen LogP contribution in [-0.4, -0.2) is 39.6 Å². The molecule has 0 fully saturated rings. The third kappa shape index (κ3) is 3.78. The number of hydrogen-bond acceptors (Lipinski definition) is 6. The zero-order chi connectivity index (χ0) is 18.1. The Morgan fingerprint density at radius 1 is 1.00 bits per heavy atom. The standard InChI is InChI=1S/C14H17NO7S2/c1-3-4-22-13-8-11(24(19,20)21)6-9-5-10(23(16,17)18)7-12(15-2)14(9)13/h5-8,15H,3-4H2,1-2H3,(H,16,17,18)(H,19,20,21). The Morgan fingerprint density at radius 2 is 1.54 bits per heavy atom. The molecule has 8 nitrogen and oxygen atoms in total.